The number of alkyl halides is 3. The third kappa shape index (κ3) is 3.55. The number of nitrogens with one attached hydrogen (secondary N) is 1. The Labute approximate surface area is 124 Å². The van der Waals surface area contributed by atoms with Crippen LogP contribution in [-0.4, -0.2) is 18.0 Å². The van der Waals surface area contributed by atoms with Crippen molar-refractivity contribution >= 4 is 11.6 Å². The van der Waals surface area contributed by atoms with Gasteiger partial charge < -0.3 is 10.1 Å². The van der Waals surface area contributed by atoms with E-state index >= 15 is 0 Å². The lowest BCUT2D eigenvalue weighted by Crippen LogP contribution is -2.14. The van der Waals surface area contributed by atoms with Crippen LogP contribution in [0.4, 0.5) is 18.9 Å². The number of methoxy groups -OCH3 is 1. The van der Waals surface area contributed by atoms with Crippen molar-refractivity contribution in [2.24, 2.45) is 0 Å². The molecular formula is C15H13F3N2O2. The fourth-order valence-electron chi connectivity index (χ4n) is 1.84. The molecule has 22 heavy (non-hydrogen) atoms. The summed E-state index contributed by atoms with van der Waals surface area (Å²) in [7, 11) is 1.44. The highest BCUT2D eigenvalue weighted by atomic mass is 19.4. The molecule has 1 amide bonds. The summed E-state index contributed by atoms with van der Waals surface area (Å²) in [6.45, 7) is 1.36. The van der Waals surface area contributed by atoms with Crippen LogP contribution in [0.15, 0.2) is 36.5 Å². The third-order valence-corrected chi connectivity index (χ3v) is 3.01. The Kier molecular flexibility index (Phi) is 4.35. The van der Waals surface area contributed by atoms with Gasteiger partial charge in [-0.2, -0.15) is 13.2 Å². The van der Waals surface area contributed by atoms with Gasteiger partial charge in [0.25, 0.3) is 5.91 Å². The smallest absolute Gasteiger partial charge is 0.416 e. The molecule has 0 aliphatic carbocycles. The minimum atomic E-state index is -4.47. The Bertz CT molecular complexity index is 682. The number of carbonyl (C=O) groups is 1. The van der Waals surface area contributed by atoms with E-state index in [0.717, 1.165) is 6.07 Å². The molecule has 0 bridgehead atoms. The fraction of sp³-hybridized carbons (Fsp3) is 0.200. The second-order valence-corrected chi connectivity index (χ2v) is 4.57. The SMILES string of the molecule is COc1ccc(C(=O)Nc2ccc(C)c(C(F)(F)F)c2)cn1. The lowest BCUT2D eigenvalue weighted by Gasteiger charge is -2.12. The zero-order valence-corrected chi connectivity index (χ0v) is 11.9. The van der Waals surface area contributed by atoms with Crippen LogP contribution in [0.1, 0.15) is 21.5 Å². The fourth-order valence-corrected chi connectivity index (χ4v) is 1.84. The van der Waals surface area contributed by atoms with E-state index in [4.69, 9.17) is 4.74 Å². The molecule has 0 saturated heterocycles. The van der Waals surface area contributed by atoms with Gasteiger partial charge in [-0.3, -0.25) is 4.79 Å². The van der Waals surface area contributed by atoms with Crippen molar-refractivity contribution < 1.29 is 22.7 Å². The summed E-state index contributed by atoms with van der Waals surface area (Å²) in [5.41, 5.74) is -0.400. The van der Waals surface area contributed by atoms with Crippen molar-refractivity contribution in [3.63, 3.8) is 0 Å². The highest BCUT2D eigenvalue weighted by molar-refractivity contribution is 6.04. The largest absolute Gasteiger partial charge is 0.481 e. The highest BCUT2D eigenvalue weighted by Gasteiger charge is 2.32. The van der Waals surface area contributed by atoms with Gasteiger partial charge in [-0.1, -0.05) is 6.07 Å². The molecule has 1 N–H and O–H groups in total. The summed E-state index contributed by atoms with van der Waals surface area (Å²) < 4.78 is 43.4. The second kappa shape index (κ2) is 6.05. The number of pyridine rings is 1. The van der Waals surface area contributed by atoms with Crippen LogP contribution >= 0.6 is 0 Å². The maximum atomic E-state index is 12.8. The van der Waals surface area contributed by atoms with Gasteiger partial charge in [-0.25, -0.2) is 4.98 Å². The van der Waals surface area contributed by atoms with Gasteiger partial charge in [0, 0.05) is 18.0 Å². The van der Waals surface area contributed by atoms with Gasteiger partial charge in [0.05, 0.1) is 18.2 Å². The number of halogens is 3. The van der Waals surface area contributed by atoms with Crippen LogP contribution in [0, 0.1) is 6.92 Å². The predicted molar refractivity (Wildman–Crippen MR) is 74.9 cm³/mol. The molecule has 0 fully saturated rings. The van der Waals surface area contributed by atoms with Crippen molar-refractivity contribution in [1.29, 1.82) is 0 Å². The normalized spacial score (nSPS) is 11.1. The number of rotatable bonds is 3. The topological polar surface area (TPSA) is 51.2 Å². The number of hydrogen-bond donors (Lipinski definition) is 1. The van der Waals surface area contributed by atoms with Crippen molar-refractivity contribution in [2.75, 3.05) is 12.4 Å². The Morgan fingerprint density at radius 2 is 1.95 bits per heavy atom. The van der Waals surface area contributed by atoms with E-state index in [1.54, 1.807) is 0 Å². The zero-order valence-electron chi connectivity index (χ0n) is 11.9. The number of aryl methyl sites for hydroxylation is 1. The summed E-state index contributed by atoms with van der Waals surface area (Å²) in [5, 5.41) is 2.42. The third-order valence-electron chi connectivity index (χ3n) is 3.01. The van der Waals surface area contributed by atoms with Crippen LogP contribution in [0.2, 0.25) is 0 Å². The molecule has 0 unspecified atom stereocenters. The molecule has 0 saturated carbocycles. The molecule has 1 aromatic heterocycles. The first-order chi connectivity index (χ1) is 10.3. The zero-order chi connectivity index (χ0) is 16.3. The molecule has 1 aromatic carbocycles. The molecule has 1 heterocycles. The van der Waals surface area contributed by atoms with E-state index < -0.39 is 17.6 Å². The quantitative estimate of drug-likeness (QED) is 0.941. The highest BCUT2D eigenvalue weighted by Crippen LogP contribution is 2.33. The van der Waals surface area contributed by atoms with Crippen LogP contribution in [0.3, 0.4) is 0 Å². The lowest BCUT2D eigenvalue weighted by atomic mass is 10.1. The molecule has 0 aliphatic rings. The minimum Gasteiger partial charge on any atom is -0.481 e. The standard InChI is InChI=1S/C15H13F3N2O2/c1-9-3-5-11(7-12(9)15(16,17)18)20-14(21)10-4-6-13(22-2)19-8-10/h3-8H,1-2H3,(H,20,21). The molecule has 2 aromatic rings. The Balaban J connectivity index is 2.21. The van der Waals surface area contributed by atoms with Crippen molar-refractivity contribution in [1.82, 2.24) is 4.98 Å². The molecule has 0 radical (unpaired) electrons. The summed E-state index contributed by atoms with van der Waals surface area (Å²) in [4.78, 5) is 15.9. The van der Waals surface area contributed by atoms with E-state index in [0.29, 0.717) is 5.88 Å². The number of carbonyl (C=O) groups excluding carboxylic acids is 1. The summed E-state index contributed by atoms with van der Waals surface area (Å²) in [5.74, 6) is -0.210. The molecule has 7 heteroatoms. The summed E-state index contributed by atoms with van der Waals surface area (Å²) in [6, 6.07) is 6.60. The van der Waals surface area contributed by atoms with E-state index in [9.17, 15) is 18.0 Å². The van der Waals surface area contributed by atoms with Gasteiger partial charge >= 0.3 is 6.18 Å². The first-order valence-electron chi connectivity index (χ1n) is 6.30. The number of ether oxygens (including phenoxy) is 1. The van der Waals surface area contributed by atoms with Gasteiger partial charge in [-0.05, 0) is 30.7 Å². The monoisotopic (exact) mass is 310 g/mol. The van der Waals surface area contributed by atoms with E-state index in [-0.39, 0.29) is 16.8 Å². The lowest BCUT2D eigenvalue weighted by molar-refractivity contribution is -0.138. The number of anilines is 1. The first-order valence-corrected chi connectivity index (χ1v) is 6.30. The Morgan fingerprint density at radius 1 is 1.23 bits per heavy atom. The molecular weight excluding hydrogens is 297 g/mol. The molecule has 0 spiro atoms. The molecule has 116 valence electrons. The van der Waals surface area contributed by atoms with E-state index in [1.807, 2.05) is 0 Å². The summed E-state index contributed by atoms with van der Waals surface area (Å²) in [6.07, 6.45) is -3.18. The molecule has 0 aliphatic heterocycles. The number of nitrogens with zero attached hydrogens (tertiary/aromatic N) is 1. The van der Waals surface area contributed by atoms with Crippen molar-refractivity contribution in [3.8, 4) is 5.88 Å². The van der Waals surface area contributed by atoms with Crippen molar-refractivity contribution in [3.05, 3.63) is 53.2 Å². The van der Waals surface area contributed by atoms with Gasteiger partial charge in [0.1, 0.15) is 0 Å². The maximum absolute atomic E-state index is 12.8. The first kappa shape index (κ1) is 15.8. The molecule has 0 atom stereocenters. The second-order valence-electron chi connectivity index (χ2n) is 4.57. The van der Waals surface area contributed by atoms with Crippen molar-refractivity contribution in [2.45, 2.75) is 13.1 Å². The Hall–Kier alpha value is -2.57. The number of benzene rings is 1. The van der Waals surface area contributed by atoms with E-state index in [1.165, 1.54) is 44.5 Å². The average molecular weight is 310 g/mol. The Morgan fingerprint density at radius 3 is 2.50 bits per heavy atom. The van der Waals surface area contributed by atoms with Crippen LogP contribution in [0.5, 0.6) is 5.88 Å². The molecule has 2 rings (SSSR count). The van der Waals surface area contributed by atoms with Gasteiger partial charge in [-0.15, -0.1) is 0 Å². The van der Waals surface area contributed by atoms with Crippen LogP contribution < -0.4 is 10.1 Å². The van der Waals surface area contributed by atoms with Crippen LogP contribution in [0.25, 0.3) is 0 Å². The maximum Gasteiger partial charge on any atom is 0.416 e. The number of hydrogen-bond acceptors (Lipinski definition) is 3. The number of amides is 1. The van der Waals surface area contributed by atoms with E-state index in [2.05, 4.69) is 10.3 Å². The van der Waals surface area contributed by atoms with Gasteiger partial charge in [0.15, 0.2) is 0 Å². The van der Waals surface area contributed by atoms with Crippen LogP contribution in [-0.2, 0) is 6.18 Å². The summed E-state index contributed by atoms with van der Waals surface area (Å²) >= 11 is 0. The average Bonchev–Trinajstić information content (AvgIpc) is 2.48. The molecule has 4 nitrogen and oxygen atoms in total. The number of aromatic nitrogens is 1. The minimum absolute atomic E-state index is 0.0683. The van der Waals surface area contributed by atoms with Gasteiger partial charge in [0.2, 0.25) is 5.88 Å². The predicted octanol–water partition coefficient (Wildman–Crippen LogP) is 3.67.